The van der Waals surface area contributed by atoms with Crippen LogP contribution in [0.25, 0.3) is 0 Å². The molecule has 17 heavy (non-hydrogen) atoms. The van der Waals surface area contributed by atoms with Crippen LogP contribution in [0.4, 0.5) is 5.82 Å². The third kappa shape index (κ3) is 3.18. The summed E-state index contributed by atoms with van der Waals surface area (Å²) in [4.78, 5) is 6.44. The number of aromatic nitrogens is 1. The van der Waals surface area contributed by atoms with Crippen molar-refractivity contribution in [2.24, 2.45) is 5.92 Å². The van der Waals surface area contributed by atoms with Crippen molar-refractivity contribution >= 4 is 5.82 Å². The second kappa shape index (κ2) is 5.65. The van der Waals surface area contributed by atoms with Crippen LogP contribution in [0.2, 0.25) is 0 Å². The molecule has 0 aromatic carbocycles. The minimum absolute atomic E-state index is 0.670. The number of hydrogen-bond donors (Lipinski definition) is 1. The van der Waals surface area contributed by atoms with Gasteiger partial charge in [0.15, 0.2) is 0 Å². The molecule has 0 saturated carbocycles. The van der Waals surface area contributed by atoms with Crippen molar-refractivity contribution in [3.63, 3.8) is 0 Å². The molecule has 1 aromatic rings. The van der Waals surface area contributed by atoms with Crippen LogP contribution < -0.4 is 10.2 Å². The number of nitrogens with zero attached hydrogens (tertiary/aromatic N) is 3. The molecule has 1 fully saturated rings. The minimum Gasteiger partial charge on any atom is -0.359 e. The van der Waals surface area contributed by atoms with Gasteiger partial charge in [0, 0.05) is 19.8 Å². The number of hydrogen-bond acceptors (Lipinski definition) is 4. The van der Waals surface area contributed by atoms with Crippen LogP contribution in [0, 0.1) is 17.2 Å². The molecule has 1 N–H and O–H groups in total. The van der Waals surface area contributed by atoms with Gasteiger partial charge in [-0.05, 0) is 44.0 Å². The lowest BCUT2D eigenvalue weighted by Gasteiger charge is -2.28. The Bertz CT molecular complexity index is 404. The molecule has 2 heterocycles. The molecular weight excluding hydrogens is 212 g/mol. The molecule has 4 nitrogen and oxygen atoms in total. The average Bonchev–Trinajstić information content (AvgIpc) is 2.40. The van der Waals surface area contributed by atoms with Crippen molar-refractivity contribution in [1.29, 1.82) is 5.26 Å². The first-order chi connectivity index (χ1) is 8.29. The van der Waals surface area contributed by atoms with Gasteiger partial charge in [-0.25, -0.2) is 4.98 Å². The number of piperidine rings is 1. The summed E-state index contributed by atoms with van der Waals surface area (Å²) in [6, 6.07) is 5.73. The molecule has 0 aliphatic carbocycles. The Morgan fingerprint density at radius 1 is 1.65 bits per heavy atom. The van der Waals surface area contributed by atoms with Crippen molar-refractivity contribution in [1.82, 2.24) is 10.3 Å². The molecule has 1 aliphatic rings. The molecule has 1 atom stereocenters. The van der Waals surface area contributed by atoms with Gasteiger partial charge in [0.05, 0.1) is 11.6 Å². The summed E-state index contributed by atoms with van der Waals surface area (Å²) in [7, 11) is 2.04. The van der Waals surface area contributed by atoms with E-state index in [9.17, 15) is 0 Å². The van der Waals surface area contributed by atoms with E-state index in [1.165, 1.54) is 12.8 Å². The smallest absolute Gasteiger partial charge is 0.129 e. The van der Waals surface area contributed by atoms with Crippen molar-refractivity contribution < 1.29 is 0 Å². The Kier molecular flexibility index (Phi) is 3.94. The highest BCUT2D eigenvalue weighted by Gasteiger charge is 2.15. The van der Waals surface area contributed by atoms with Crippen LogP contribution in [-0.2, 0) is 0 Å². The van der Waals surface area contributed by atoms with E-state index < -0.39 is 0 Å². The molecule has 4 heteroatoms. The zero-order valence-corrected chi connectivity index (χ0v) is 10.2. The van der Waals surface area contributed by atoms with Gasteiger partial charge in [-0.1, -0.05) is 0 Å². The average molecular weight is 230 g/mol. The van der Waals surface area contributed by atoms with E-state index in [0.29, 0.717) is 11.5 Å². The second-order valence-electron chi connectivity index (χ2n) is 4.61. The van der Waals surface area contributed by atoms with E-state index in [2.05, 4.69) is 21.3 Å². The summed E-state index contributed by atoms with van der Waals surface area (Å²) >= 11 is 0. The van der Waals surface area contributed by atoms with E-state index in [0.717, 1.165) is 25.5 Å². The maximum Gasteiger partial charge on any atom is 0.129 e. The maximum atomic E-state index is 8.86. The van der Waals surface area contributed by atoms with Gasteiger partial charge < -0.3 is 10.2 Å². The molecular formula is C13H18N4. The molecule has 0 radical (unpaired) electrons. The van der Waals surface area contributed by atoms with E-state index >= 15 is 0 Å². The fraction of sp³-hybridized carbons (Fsp3) is 0.538. The van der Waals surface area contributed by atoms with Crippen LogP contribution in [0.15, 0.2) is 18.3 Å². The number of nitrogens with one attached hydrogen (secondary N) is 1. The quantitative estimate of drug-likeness (QED) is 0.852. The van der Waals surface area contributed by atoms with E-state index in [1.807, 2.05) is 13.1 Å². The first-order valence-electron chi connectivity index (χ1n) is 6.07. The highest BCUT2D eigenvalue weighted by molar-refractivity contribution is 5.44. The predicted molar refractivity (Wildman–Crippen MR) is 67.8 cm³/mol. The van der Waals surface area contributed by atoms with Gasteiger partial charge in [-0.3, -0.25) is 0 Å². The molecule has 0 amide bonds. The molecule has 0 bridgehead atoms. The van der Waals surface area contributed by atoms with Gasteiger partial charge in [-0.15, -0.1) is 0 Å². The van der Waals surface area contributed by atoms with Gasteiger partial charge in [0.1, 0.15) is 5.82 Å². The maximum absolute atomic E-state index is 8.86. The Balaban J connectivity index is 1.98. The van der Waals surface area contributed by atoms with E-state index in [1.54, 1.807) is 12.3 Å². The Hall–Kier alpha value is -1.60. The minimum atomic E-state index is 0.670. The van der Waals surface area contributed by atoms with Crippen LogP contribution in [0.1, 0.15) is 18.4 Å². The molecule has 90 valence electrons. The summed E-state index contributed by atoms with van der Waals surface area (Å²) < 4.78 is 0. The standard InChI is InChI=1S/C13H18N4/c1-17(10-12-3-2-5-15-9-12)13-7-11(8-14)4-6-16-13/h4,6-7,12,15H,2-3,5,9-10H2,1H3. The van der Waals surface area contributed by atoms with Crippen LogP contribution in [0.5, 0.6) is 0 Å². The van der Waals surface area contributed by atoms with E-state index in [4.69, 9.17) is 5.26 Å². The molecule has 1 aromatic heterocycles. The summed E-state index contributed by atoms with van der Waals surface area (Å²) in [5, 5.41) is 12.3. The highest BCUT2D eigenvalue weighted by atomic mass is 15.2. The Morgan fingerprint density at radius 3 is 3.24 bits per heavy atom. The molecule has 1 unspecified atom stereocenters. The van der Waals surface area contributed by atoms with Crippen molar-refractivity contribution in [2.45, 2.75) is 12.8 Å². The summed E-state index contributed by atoms with van der Waals surface area (Å²) in [5.41, 5.74) is 0.670. The molecule has 2 rings (SSSR count). The first kappa shape index (κ1) is 11.9. The number of anilines is 1. The lowest BCUT2D eigenvalue weighted by atomic mass is 9.99. The van der Waals surface area contributed by atoms with Crippen molar-refractivity contribution in [2.75, 3.05) is 31.6 Å². The third-order valence-electron chi connectivity index (χ3n) is 3.20. The van der Waals surface area contributed by atoms with Gasteiger partial charge in [0.2, 0.25) is 0 Å². The fourth-order valence-electron chi connectivity index (χ4n) is 2.26. The summed E-state index contributed by atoms with van der Waals surface area (Å²) in [6.45, 7) is 3.22. The Labute approximate surface area is 102 Å². The molecule has 1 aliphatic heterocycles. The number of nitriles is 1. The van der Waals surface area contributed by atoms with Crippen LogP contribution in [0.3, 0.4) is 0 Å². The van der Waals surface area contributed by atoms with Gasteiger partial charge in [-0.2, -0.15) is 5.26 Å². The van der Waals surface area contributed by atoms with E-state index in [-0.39, 0.29) is 0 Å². The number of rotatable bonds is 3. The van der Waals surface area contributed by atoms with Crippen molar-refractivity contribution in [3.8, 4) is 6.07 Å². The van der Waals surface area contributed by atoms with Gasteiger partial charge >= 0.3 is 0 Å². The van der Waals surface area contributed by atoms with Crippen LogP contribution in [-0.4, -0.2) is 31.7 Å². The number of pyridine rings is 1. The second-order valence-corrected chi connectivity index (χ2v) is 4.61. The first-order valence-corrected chi connectivity index (χ1v) is 6.07. The van der Waals surface area contributed by atoms with Crippen LogP contribution >= 0.6 is 0 Å². The topological polar surface area (TPSA) is 52.0 Å². The lowest BCUT2D eigenvalue weighted by Crippen LogP contribution is -2.37. The third-order valence-corrected chi connectivity index (χ3v) is 3.20. The summed E-state index contributed by atoms with van der Waals surface area (Å²) in [6.07, 6.45) is 4.23. The highest BCUT2D eigenvalue weighted by Crippen LogP contribution is 2.16. The fourth-order valence-corrected chi connectivity index (χ4v) is 2.26. The zero-order chi connectivity index (χ0) is 12.1. The van der Waals surface area contributed by atoms with Crippen molar-refractivity contribution in [3.05, 3.63) is 23.9 Å². The predicted octanol–water partition coefficient (Wildman–Crippen LogP) is 1.39. The molecule has 1 saturated heterocycles. The normalized spacial score (nSPS) is 19.6. The lowest BCUT2D eigenvalue weighted by molar-refractivity contribution is 0.380. The Morgan fingerprint density at radius 2 is 2.53 bits per heavy atom. The SMILES string of the molecule is CN(CC1CCCNC1)c1cc(C#N)ccn1. The molecule has 0 spiro atoms. The monoisotopic (exact) mass is 230 g/mol. The van der Waals surface area contributed by atoms with Gasteiger partial charge in [0.25, 0.3) is 0 Å². The largest absolute Gasteiger partial charge is 0.359 e. The zero-order valence-electron chi connectivity index (χ0n) is 10.2. The summed E-state index contributed by atoms with van der Waals surface area (Å²) in [5.74, 6) is 1.57.